The lowest BCUT2D eigenvalue weighted by Crippen LogP contribution is -2.26. The number of carbonyl (C=O) groups is 2. The van der Waals surface area contributed by atoms with Gasteiger partial charge in [0.05, 0.1) is 11.1 Å². The van der Waals surface area contributed by atoms with Crippen molar-refractivity contribution in [1.82, 2.24) is 10.3 Å². The fraction of sp³-hybridized carbons (Fsp3) is 0.706. The Kier molecular flexibility index (Phi) is 6.03. The molecule has 1 saturated carbocycles. The minimum absolute atomic E-state index is 0.0128. The van der Waals surface area contributed by atoms with Crippen LogP contribution in [0, 0.1) is 0 Å². The predicted octanol–water partition coefficient (Wildman–Crippen LogP) is 1.84. The molecule has 0 aromatic carbocycles. The van der Waals surface area contributed by atoms with Crippen LogP contribution in [0.25, 0.3) is 0 Å². The highest BCUT2D eigenvalue weighted by Gasteiger charge is 2.30. The van der Waals surface area contributed by atoms with Crippen LogP contribution in [0.5, 0.6) is 0 Å². The molecule has 0 spiro atoms. The number of carboxylic acid groups (broad SMARTS) is 1. The summed E-state index contributed by atoms with van der Waals surface area (Å²) in [5.74, 6) is -0.712. The van der Waals surface area contributed by atoms with Gasteiger partial charge < -0.3 is 20.9 Å². The number of hydrogen-bond acceptors (Lipinski definition) is 6. The van der Waals surface area contributed by atoms with Gasteiger partial charge in [-0.3, -0.25) is 4.79 Å². The molecule has 0 radical (unpaired) electrons. The molecule has 3 rings (SSSR count). The molecule has 2 aliphatic rings. The topological polar surface area (TPSA) is 115 Å². The van der Waals surface area contributed by atoms with E-state index in [0.717, 1.165) is 61.5 Å². The molecule has 0 atom stereocenters. The van der Waals surface area contributed by atoms with Crippen LogP contribution < -0.4 is 11.1 Å². The van der Waals surface area contributed by atoms with Gasteiger partial charge in [-0.1, -0.05) is 0 Å². The maximum Gasteiger partial charge on any atom is 0.329 e. The molecular formula is C17H25N3O4S. The molecule has 1 aliphatic carbocycles. The van der Waals surface area contributed by atoms with E-state index in [9.17, 15) is 9.59 Å². The number of nitrogens with two attached hydrogens (primary N) is 1. The van der Waals surface area contributed by atoms with Gasteiger partial charge >= 0.3 is 5.97 Å². The van der Waals surface area contributed by atoms with Crippen LogP contribution in [-0.2, 0) is 9.53 Å². The summed E-state index contributed by atoms with van der Waals surface area (Å²) in [7, 11) is 0. The minimum atomic E-state index is -0.938. The summed E-state index contributed by atoms with van der Waals surface area (Å²) in [5.41, 5.74) is 6.01. The van der Waals surface area contributed by atoms with E-state index in [-0.39, 0.29) is 18.6 Å². The normalized spacial score (nSPS) is 25.0. The molecule has 8 heteroatoms. The van der Waals surface area contributed by atoms with E-state index in [2.05, 4.69) is 10.3 Å². The van der Waals surface area contributed by atoms with Crippen molar-refractivity contribution in [3.63, 3.8) is 0 Å². The highest BCUT2D eigenvalue weighted by molar-refractivity contribution is 7.12. The molecule has 1 aromatic rings. The molecule has 0 bridgehead atoms. The molecule has 4 N–H and O–H groups in total. The summed E-state index contributed by atoms with van der Waals surface area (Å²) < 4.78 is 5.40. The Morgan fingerprint density at radius 3 is 2.44 bits per heavy atom. The largest absolute Gasteiger partial charge is 0.480 e. The number of aliphatic carboxylic acids is 1. The predicted molar refractivity (Wildman–Crippen MR) is 94.1 cm³/mol. The van der Waals surface area contributed by atoms with Crippen molar-refractivity contribution < 1.29 is 19.4 Å². The Hall–Kier alpha value is -1.51. The highest BCUT2D eigenvalue weighted by Crippen LogP contribution is 2.41. The monoisotopic (exact) mass is 367 g/mol. The van der Waals surface area contributed by atoms with Crippen LogP contribution in [0.2, 0.25) is 0 Å². The van der Waals surface area contributed by atoms with Crippen molar-refractivity contribution in [2.75, 3.05) is 19.7 Å². The molecule has 25 heavy (non-hydrogen) atoms. The van der Waals surface area contributed by atoms with Gasteiger partial charge in [-0.15, -0.1) is 11.3 Å². The summed E-state index contributed by atoms with van der Waals surface area (Å²) in [4.78, 5) is 28.1. The molecule has 1 amide bonds. The molecular weight excluding hydrogens is 342 g/mol. The fourth-order valence-corrected chi connectivity index (χ4v) is 5.14. The van der Waals surface area contributed by atoms with Gasteiger partial charge in [0.15, 0.2) is 0 Å². The molecule has 0 unspecified atom stereocenters. The van der Waals surface area contributed by atoms with Gasteiger partial charge in [-0.2, -0.15) is 0 Å². The highest BCUT2D eigenvalue weighted by atomic mass is 32.1. The first-order valence-electron chi connectivity index (χ1n) is 8.89. The minimum Gasteiger partial charge on any atom is -0.480 e. The number of ether oxygens (including phenoxy) is 1. The van der Waals surface area contributed by atoms with Crippen LogP contribution in [-0.4, -0.2) is 47.8 Å². The molecule has 1 saturated heterocycles. The zero-order valence-corrected chi connectivity index (χ0v) is 15.0. The van der Waals surface area contributed by atoms with E-state index in [1.54, 1.807) is 11.3 Å². The Morgan fingerprint density at radius 1 is 1.16 bits per heavy atom. The third-order valence-electron chi connectivity index (χ3n) is 5.08. The average Bonchev–Trinajstić information content (AvgIpc) is 3.07. The zero-order valence-electron chi connectivity index (χ0n) is 14.2. The first kappa shape index (κ1) is 18.3. The average molecular weight is 367 g/mol. The second-order valence-corrected chi connectivity index (χ2v) is 7.89. The second-order valence-electron chi connectivity index (χ2n) is 6.83. The van der Waals surface area contributed by atoms with Gasteiger partial charge in [-0.05, 0) is 57.5 Å². The number of primary amides is 1. The zero-order chi connectivity index (χ0) is 17.8. The number of nitrogens with one attached hydrogen (secondary N) is 1. The summed E-state index contributed by atoms with van der Waals surface area (Å²) in [5, 5.41) is 13.1. The molecule has 2 fully saturated rings. The van der Waals surface area contributed by atoms with E-state index in [4.69, 9.17) is 15.6 Å². The van der Waals surface area contributed by atoms with Crippen LogP contribution in [0.4, 0.5) is 0 Å². The summed E-state index contributed by atoms with van der Waals surface area (Å²) in [6.45, 7) is 1.72. The van der Waals surface area contributed by atoms with Crippen LogP contribution in [0.3, 0.4) is 0 Å². The number of amides is 1. The van der Waals surface area contributed by atoms with Crippen molar-refractivity contribution in [3.05, 3.63) is 15.6 Å². The van der Waals surface area contributed by atoms with Crippen molar-refractivity contribution >= 4 is 23.2 Å². The number of hydrogen-bond donors (Lipinski definition) is 3. The van der Waals surface area contributed by atoms with E-state index >= 15 is 0 Å². The maximum absolute atomic E-state index is 11.9. The smallest absolute Gasteiger partial charge is 0.329 e. The van der Waals surface area contributed by atoms with Crippen LogP contribution in [0.15, 0.2) is 0 Å². The van der Waals surface area contributed by atoms with Gasteiger partial charge in [-0.25, -0.2) is 9.78 Å². The van der Waals surface area contributed by atoms with E-state index in [1.807, 2.05) is 0 Å². The third-order valence-corrected chi connectivity index (χ3v) is 6.46. The van der Waals surface area contributed by atoms with Crippen molar-refractivity contribution in [3.8, 4) is 0 Å². The Bertz CT molecular complexity index is 619. The number of rotatable bonds is 6. The SMILES string of the molecule is NC(=O)c1nc(C2CCNCC2)sc1C1CCC(OCC(=O)O)CC1. The van der Waals surface area contributed by atoms with E-state index < -0.39 is 11.9 Å². The number of thiazole rings is 1. The Labute approximate surface area is 151 Å². The van der Waals surface area contributed by atoms with Crippen molar-refractivity contribution in [1.29, 1.82) is 0 Å². The number of carbonyl (C=O) groups excluding carboxylic acids is 1. The van der Waals surface area contributed by atoms with E-state index in [1.165, 1.54) is 0 Å². The number of carboxylic acids is 1. The lowest BCUT2D eigenvalue weighted by Gasteiger charge is -2.27. The lowest BCUT2D eigenvalue weighted by atomic mass is 9.85. The Morgan fingerprint density at radius 2 is 1.84 bits per heavy atom. The van der Waals surface area contributed by atoms with Gasteiger partial charge in [0.25, 0.3) is 5.91 Å². The van der Waals surface area contributed by atoms with Crippen molar-refractivity contribution in [2.45, 2.75) is 56.5 Å². The van der Waals surface area contributed by atoms with Gasteiger partial charge in [0, 0.05) is 10.8 Å². The number of aromatic nitrogens is 1. The summed E-state index contributed by atoms with van der Waals surface area (Å²) >= 11 is 1.65. The van der Waals surface area contributed by atoms with Crippen molar-refractivity contribution in [2.24, 2.45) is 5.73 Å². The first-order valence-corrected chi connectivity index (χ1v) is 9.70. The third kappa shape index (κ3) is 4.56. The number of piperidine rings is 1. The van der Waals surface area contributed by atoms with Gasteiger partial charge in [0.1, 0.15) is 12.3 Å². The number of nitrogens with zero attached hydrogens (tertiary/aromatic N) is 1. The summed E-state index contributed by atoms with van der Waals surface area (Å²) in [6, 6.07) is 0. The maximum atomic E-state index is 11.9. The van der Waals surface area contributed by atoms with Crippen LogP contribution >= 0.6 is 11.3 Å². The first-order chi connectivity index (χ1) is 12.0. The van der Waals surface area contributed by atoms with Gasteiger partial charge in [0.2, 0.25) is 0 Å². The quantitative estimate of drug-likeness (QED) is 0.707. The fourth-order valence-electron chi connectivity index (χ4n) is 3.73. The van der Waals surface area contributed by atoms with Crippen LogP contribution in [0.1, 0.15) is 70.7 Å². The second kappa shape index (κ2) is 8.25. The molecule has 138 valence electrons. The standard InChI is InChI=1S/C17H25N3O4S/c18-16(23)14-15(25-17(20-14)11-5-7-19-8-6-11)10-1-3-12(4-2-10)24-9-13(21)22/h10-12,19H,1-9H2,(H2,18,23)(H,21,22). The molecule has 1 aromatic heterocycles. The molecule has 1 aliphatic heterocycles. The van der Waals surface area contributed by atoms with E-state index in [0.29, 0.717) is 11.6 Å². The summed E-state index contributed by atoms with van der Waals surface area (Å²) in [6.07, 6.45) is 5.42. The molecule has 7 nitrogen and oxygen atoms in total. The lowest BCUT2D eigenvalue weighted by molar-refractivity contribution is -0.145. The molecule has 2 heterocycles. The Balaban J connectivity index is 1.68.